The van der Waals surface area contributed by atoms with Gasteiger partial charge < -0.3 is 10.4 Å². The van der Waals surface area contributed by atoms with Crippen LogP contribution in [-0.2, 0) is 26.0 Å². The van der Waals surface area contributed by atoms with Gasteiger partial charge in [0.1, 0.15) is 6.04 Å². The Morgan fingerprint density at radius 3 is 2.32 bits per heavy atom. The molecule has 5 N–H and O–H groups in total. The molecule has 140 valence electrons. The van der Waals surface area contributed by atoms with Crippen molar-refractivity contribution >= 4 is 21.9 Å². The van der Waals surface area contributed by atoms with Crippen molar-refractivity contribution in [2.75, 3.05) is 6.54 Å². The zero-order valence-electron chi connectivity index (χ0n) is 14.4. The lowest BCUT2D eigenvalue weighted by atomic mass is 10.1. The molecule has 0 aliphatic carbocycles. The van der Waals surface area contributed by atoms with Crippen LogP contribution in [0.2, 0.25) is 0 Å². The molecule has 0 radical (unpaired) electrons. The zero-order chi connectivity index (χ0) is 19.0. The molecule has 0 aromatic heterocycles. The fourth-order valence-electron chi connectivity index (χ4n) is 2.27. The first-order valence-corrected chi connectivity index (χ1v) is 9.58. The second-order valence-corrected chi connectivity index (χ2v) is 7.36. The number of rotatable bonds is 10. The third-order valence-electron chi connectivity index (χ3n) is 3.68. The van der Waals surface area contributed by atoms with E-state index in [0.29, 0.717) is 25.8 Å². The Hall–Kier alpha value is -1.97. The Kier molecular flexibility index (Phi) is 8.01. The van der Waals surface area contributed by atoms with Gasteiger partial charge in [-0.2, -0.15) is 0 Å². The molecule has 9 heteroatoms. The van der Waals surface area contributed by atoms with Crippen molar-refractivity contribution in [3.63, 3.8) is 0 Å². The van der Waals surface area contributed by atoms with Crippen LogP contribution in [0.4, 0.5) is 0 Å². The number of carbonyl (C=O) groups excluding carboxylic acids is 1. The third-order valence-corrected chi connectivity index (χ3v) is 4.61. The van der Waals surface area contributed by atoms with E-state index in [1.54, 1.807) is 19.1 Å². The predicted molar refractivity (Wildman–Crippen MR) is 93.5 cm³/mol. The monoisotopic (exact) mass is 371 g/mol. The minimum absolute atomic E-state index is 0.0359. The molecular formula is C16H25N3O5S. The van der Waals surface area contributed by atoms with Crippen LogP contribution in [0.3, 0.4) is 0 Å². The predicted octanol–water partition coefficient (Wildman–Crippen LogP) is 0.224. The van der Waals surface area contributed by atoms with Crippen LogP contribution in [-0.4, -0.2) is 44.0 Å². The molecule has 1 aromatic carbocycles. The van der Waals surface area contributed by atoms with Gasteiger partial charge in [0, 0.05) is 6.54 Å². The van der Waals surface area contributed by atoms with Gasteiger partial charge in [-0.25, -0.2) is 13.6 Å². The standard InChI is InChI=1S/C16H25N3O5S/c1-3-4-14(16(21)22)19-11(2)15(20)18-10-9-12-5-7-13(8-6-12)25(17,23)24/h5-8,11,14,19H,3-4,9-10H2,1-2H3,(H,18,20)(H,21,22)(H2,17,23,24). The van der Waals surface area contributed by atoms with E-state index in [1.807, 2.05) is 6.92 Å². The van der Waals surface area contributed by atoms with Crippen molar-refractivity contribution in [3.8, 4) is 0 Å². The van der Waals surface area contributed by atoms with Gasteiger partial charge in [-0.3, -0.25) is 14.9 Å². The second-order valence-electron chi connectivity index (χ2n) is 5.80. The first kappa shape index (κ1) is 21.1. The number of nitrogens with one attached hydrogen (secondary N) is 2. The number of hydrogen-bond donors (Lipinski definition) is 4. The largest absolute Gasteiger partial charge is 0.480 e. The van der Waals surface area contributed by atoms with E-state index in [-0.39, 0.29) is 10.8 Å². The first-order chi connectivity index (χ1) is 11.6. The maximum absolute atomic E-state index is 12.0. The lowest BCUT2D eigenvalue weighted by Crippen LogP contribution is -2.49. The van der Waals surface area contributed by atoms with Gasteiger partial charge in [-0.1, -0.05) is 25.5 Å². The Bertz CT molecular complexity index is 688. The number of nitrogens with two attached hydrogens (primary N) is 1. The van der Waals surface area contributed by atoms with Gasteiger partial charge in [-0.15, -0.1) is 0 Å². The number of sulfonamides is 1. The smallest absolute Gasteiger partial charge is 0.320 e. The van der Waals surface area contributed by atoms with E-state index in [4.69, 9.17) is 10.2 Å². The van der Waals surface area contributed by atoms with Gasteiger partial charge in [-0.05, 0) is 37.5 Å². The average molecular weight is 371 g/mol. The van der Waals surface area contributed by atoms with Crippen LogP contribution >= 0.6 is 0 Å². The minimum Gasteiger partial charge on any atom is -0.480 e. The van der Waals surface area contributed by atoms with E-state index < -0.39 is 28.1 Å². The highest BCUT2D eigenvalue weighted by atomic mass is 32.2. The Balaban J connectivity index is 2.47. The number of carboxylic acids is 1. The summed E-state index contributed by atoms with van der Waals surface area (Å²) in [4.78, 5) is 23.2. The topological polar surface area (TPSA) is 139 Å². The Morgan fingerprint density at radius 1 is 1.24 bits per heavy atom. The summed E-state index contributed by atoms with van der Waals surface area (Å²) < 4.78 is 22.4. The van der Waals surface area contributed by atoms with Crippen LogP contribution in [0, 0.1) is 0 Å². The molecule has 0 aliphatic heterocycles. The maximum atomic E-state index is 12.0. The molecular weight excluding hydrogens is 346 g/mol. The molecule has 0 fully saturated rings. The number of hydrogen-bond acceptors (Lipinski definition) is 5. The van der Waals surface area contributed by atoms with E-state index in [1.165, 1.54) is 12.1 Å². The molecule has 0 saturated carbocycles. The fraction of sp³-hybridized carbons (Fsp3) is 0.500. The average Bonchev–Trinajstić information content (AvgIpc) is 2.53. The maximum Gasteiger partial charge on any atom is 0.320 e. The van der Waals surface area contributed by atoms with Crippen LogP contribution < -0.4 is 15.8 Å². The van der Waals surface area contributed by atoms with Crippen LogP contribution in [0.25, 0.3) is 0 Å². The number of amides is 1. The van der Waals surface area contributed by atoms with Crippen molar-refractivity contribution < 1.29 is 23.1 Å². The lowest BCUT2D eigenvalue weighted by molar-refractivity contribution is -0.140. The summed E-state index contributed by atoms with van der Waals surface area (Å²) in [7, 11) is -3.71. The van der Waals surface area contributed by atoms with Crippen molar-refractivity contribution in [1.29, 1.82) is 0 Å². The van der Waals surface area contributed by atoms with E-state index >= 15 is 0 Å². The molecule has 8 nitrogen and oxygen atoms in total. The molecule has 0 saturated heterocycles. The number of primary sulfonamides is 1. The van der Waals surface area contributed by atoms with E-state index in [2.05, 4.69) is 10.6 Å². The highest BCUT2D eigenvalue weighted by molar-refractivity contribution is 7.89. The molecule has 1 aromatic rings. The van der Waals surface area contributed by atoms with Crippen LogP contribution in [0.5, 0.6) is 0 Å². The molecule has 1 rings (SSSR count). The molecule has 0 aliphatic rings. The second kappa shape index (κ2) is 9.50. The third kappa shape index (κ3) is 7.20. The Labute approximate surface area is 147 Å². The van der Waals surface area contributed by atoms with Crippen molar-refractivity contribution in [2.45, 2.75) is 50.1 Å². The lowest BCUT2D eigenvalue weighted by Gasteiger charge is -2.19. The zero-order valence-corrected chi connectivity index (χ0v) is 15.2. The summed E-state index contributed by atoms with van der Waals surface area (Å²) in [5.41, 5.74) is 0.850. The SMILES string of the molecule is CCCC(NC(C)C(=O)NCCc1ccc(S(N)(=O)=O)cc1)C(=O)O. The molecule has 0 spiro atoms. The molecule has 2 unspecified atom stereocenters. The van der Waals surface area contributed by atoms with Crippen LogP contribution in [0.15, 0.2) is 29.2 Å². The summed E-state index contributed by atoms with van der Waals surface area (Å²) >= 11 is 0. The molecule has 0 heterocycles. The van der Waals surface area contributed by atoms with E-state index in [9.17, 15) is 18.0 Å². The molecule has 25 heavy (non-hydrogen) atoms. The summed E-state index contributed by atoms with van der Waals surface area (Å²) in [6, 6.07) is 4.72. The van der Waals surface area contributed by atoms with Gasteiger partial charge >= 0.3 is 5.97 Å². The summed E-state index contributed by atoms with van der Waals surface area (Å²) in [5.74, 6) is -1.26. The van der Waals surface area contributed by atoms with Crippen molar-refractivity contribution in [3.05, 3.63) is 29.8 Å². The van der Waals surface area contributed by atoms with Crippen molar-refractivity contribution in [1.82, 2.24) is 10.6 Å². The molecule has 2 atom stereocenters. The van der Waals surface area contributed by atoms with Gasteiger partial charge in [0.15, 0.2) is 0 Å². The number of carbonyl (C=O) groups is 2. The minimum atomic E-state index is -3.71. The number of benzene rings is 1. The fourth-order valence-corrected chi connectivity index (χ4v) is 2.79. The van der Waals surface area contributed by atoms with Gasteiger partial charge in [0.05, 0.1) is 10.9 Å². The highest BCUT2D eigenvalue weighted by Crippen LogP contribution is 2.09. The molecule has 1 amide bonds. The van der Waals surface area contributed by atoms with Gasteiger partial charge in [0.25, 0.3) is 0 Å². The van der Waals surface area contributed by atoms with Gasteiger partial charge in [0.2, 0.25) is 15.9 Å². The molecule has 0 bridgehead atoms. The summed E-state index contributed by atoms with van der Waals surface area (Å²) in [6.45, 7) is 3.84. The number of carboxylic acid groups (broad SMARTS) is 1. The number of aliphatic carboxylic acids is 1. The van der Waals surface area contributed by atoms with E-state index in [0.717, 1.165) is 5.56 Å². The highest BCUT2D eigenvalue weighted by Gasteiger charge is 2.21. The normalized spacial score (nSPS) is 13.9. The summed E-state index contributed by atoms with van der Waals surface area (Å²) in [6.07, 6.45) is 1.66. The van der Waals surface area contributed by atoms with Crippen LogP contribution in [0.1, 0.15) is 32.3 Å². The Morgan fingerprint density at radius 2 is 1.84 bits per heavy atom. The first-order valence-electron chi connectivity index (χ1n) is 8.03. The summed E-state index contributed by atoms with van der Waals surface area (Å²) in [5, 5.41) is 19.6. The quantitative estimate of drug-likeness (QED) is 0.464. The van der Waals surface area contributed by atoms with Crippen molar-refractivity contribution in [2.24, 2.45) is 5.14 Å².